The summed E-state index contributed by atoms with van der Waals surface area (Å²) in [5.74, 6) is -0.0566. The molecule has 0 spiro atoms. The van der Waals surface area contributed by atoms with E-state index >= 15 is 0 Å². The van der Waals surface area contributed by atoms with Crippen LogP contribution in [0.2, 0.25) is 0 Å². The zero-order valence-electron chi connectivity index (χ0n) is 11.4. The van der Waals surface area contributed by atoms with Gasteiger partial charge in [-0.2, -0.15) is 0 Å². The van der Waals surface area contributed by atoms with Crippen LogP contribution in [0.3, 0.4) is 0 Å². The summed E-state index contributed by atoms with van der Waals surface area (Å²) < 4.78 is 4.87. The van der Waals surface area contributed by atoms with E-state index in [0.29, 0.717) is 11.8 Å². The number of thioether (sulfide) groups is 1. The zero-order chi connectivity index (χ0) is 14.4. The molecule has 0 unspecified atom stereocenters. The highest BCUT2D eigenvalue weighted by atomic mass is 32.2. The molecule has 0 aliphatic carbocycles. The van der Waals surface area contributed by atoms with E-state index in [4.69, 9.17) is 4.74 Å². The topological polar surface area (TPSA) is 65.0 Å². The predicted octanol–water partition coefficient (Wildman–Crippen LogP) is 2.50. The molecule has 0 bridgehead atoms. The number of hydrogen-bond donors (Lipinski definition) is 0. The van der Waals surface area contributed by atoms with Gasteiger partial charge in [0.05, 0.1) is 23.7 Å². The van der Waals surface area contributed by atoms with Crippen molar-refractivity contribution < 1.29 is 9.53 Å². The smallest absolute Gasteiger partial charge is 0.316 e. The minimum Gasteiger partial charge on any atom is -0.465 e. The molecular weight excluding hydrogens is 274 g/mol. The Labute approximate surface area is 121 Å². The van der Waals surface area contributed by atoms with E-state index in [2.05, 4.69) is 15.0 Å². The van der Waals surface area contributed by atoms with Crippen LogP contribution in [-0.2, 0) is 9.53 Å². The van der Waals surface area contributed by atoms with Crippen molar-refractivity contribution in [3.8, 4) is 11.4 Å². The number of carbonyl (C=O) groups excluding carboxylic acids is 1. The van der Waals surface area contributed by atoms with Crippen LogP contribution in [0.15, 0.2) is 35.7 Å². The summed E-state index contributed by atoms with van der Waals surface area (Å²) in [5, 5.41) is 0.542. The maximum absolute atomic E-state index is 11.3. The molecule has 20 heavy (non-hydrogen) atoms. The van der Waals surface area contributed by atoms with Gasteiger partial charge in [-0.3, -0.25) is 9.78 Å². The Bertz CT molecular complexity index is 604. The fourth-order valence-corrected chi connectivity index (χ4v) is 2.25. The van der Waals surface area contributed by atoms with Gasteiger partial charge in [-0.1, -0.05) is 17.8 Å². The maximum atomic E-state index is 11.3. The second-order valence-electron chi connectivity index (χ2n) is 3.99. The van der Waals surface area contributed by atoms with E-state index < -0.39 is 0 Å². The Morgan fingerprint density at radius 1 is 1.30 bits per heavy atom. The Morgan fingerprint density at radius 2 is 2.15 bits per heavy atom. The Kier molecular flexibility index (Phi) is 5.06. The third-order valence-electron chi connectivity index (χ3n) is 2.51. The maximum Gasteiger partial charge on any atom is 0.316 e. The van der Waals surface area contributed by atoms with E-state index in [-0.39, 0.29) is 11.7 Å². The summed E-state index contributed by atoms with van der Waals surface area (Å²) in [6.45, 7) is 4.15. The molecule has 0 N–H and O–H groups in total. The molecule has 6 heteroatoms. The van der Waals surface area contributed by atoms with Gasteiger partial charge in [0.2, 0.25) is 0 Å². The number of aryl methyl sites for hydroxylation is 1. The zero-order valence-corrected chi connectivity index (χ0v) is 12.2. The lowest BCUT2D eigenvalue weighted by Gasteiger charge is -2.05. The first kappa shape index (κ1) is 14.5. The largest absolute Gasteiger partial charge is 0.465 e. The SMILES string of the molecule is CCOC(=O)CSc1nccc(-c2ncccc2C)n1. The minimum absolute atomic E-state index is 0.207. The van der Waals surface area contributed by atoms with Gasteiger partial charge in [-0.25, -0.2) is 9.97 Å². The van der Waals surface area contributed by atoms with E-state index in [0.717, 1.165) is 17.0 Å². The molecule has 0 radical (unpaired) electrons. The second-order valence-corrected chi connectivity index (χ2v) is 4.93. The van der Waals surface area contributed by atoms with Gasteiger partial charge in [0.15, 0.2) is 5.16 Å². The number of pyridine rings is 1. The van der Waals surface area contributed by atoms with Crippen molar-refractivity contribution in [3.05, 3.63) is 36.2 Å². The third-order valence-corrected chi connectivity index (χ3v) is 3.34. The molecule has 2 heterocycles. The standard InChI is InChI=1S/C14H15N3O2S/c1-3-19-12(18)9-20-14-16-8-6-11(17-14)13-10(2)5-4-7-15-13/h4-8H,3,9H2,1-2H3. The summed E-state index contributed by atoms with van der Waals surface area (Å²) in [4.78, 5) is 24.2. The molecule has 0 fully saturated rings. The van der Waals surface area contributed by atoms with Gasteiger partial charge in [0.25, 0.3) is 0 Å². The van der Waals surface area contributed by atoms with E-state index in [1.807, 2.05) is 25.1 Å². The van der Waals surface area contributed by atoms with Gasteiger partial charge in [-0.15, -0.1) is 0 Å². The number of esters is 1. The lowest BCUT2D eigenvalue weighted by Crippen LogP contribution is -2.07. The fourth-order valence-electron chi connectivity index (χ4n) is 1.62. The van der Waals surface area contributed by atoms with Crippen LogP contribution in [0.5, 0.6) is 0 Å². The second kappa shape index (κ2) is 7.00. The van der Waals surface area contributed by atoms with Crippen molar-refractivity contribution in [2.45, 2.75) is 19.0 Å². The van der Waals surface area contributed by atoms with Gasteiger partial charge in [-0.05, 0) is 31.5 Å². The minimum atomic E-state index is -0.263. The fraction of sp³-hybridized carbons (Fsp3) is 0.286. The van der Waals surface area contributed by atoms with Crippen LogP contribution in [0.4, 0.5) is 0 Å². The van der Waals surface area contributed by atoms with Crippen molar-refractivity contribution in [1.82, 2.24) is 15.0 Å². The van der Waals surface area contributed by atoms with Gasteiger partial charge >= 0.3 is 5.97 Å². The van der Waals surface area contributed by atoms with Crippen LogP contribution in [0.1, 0.15) is 12.5 Å². The molecule has 0 aliphatic rings. The number of ether oxygens (including phenoxy) is 1. The van der Waals surface area contributed by atoms with Crippen molar-refractivity contribution in [2.75, 3.05) is 12.4 Å². The number of nitrogens with zero attached hydrogens (tertiary/aromatic N) is 3. The molecule has 5 nitrogen and oxygen atoms in total. The molecule has 0 atom stereocenters. The normalized spacial score (nSPS) is 10.3. The third kappa shape index (κ3) is 3.77. The summed E-state index contributed by atoms with van der Waals surface area (Å²) >= 11 is 1.26. The van der Waals surface area contributed by atoms with Crippen molar-refractivity contribution in [1.29, 1.82) is 0 Å². The Morgan fingerprint density at radius 3 is 2.90 bits per heavy atom. The molecule has 0 amide bonds. The summed E-state index contributed by atoms with van der Waals surface area (Å²) in [6.07, 6.45) is 3.40. The molecule has 2 aromatic heterocycles. The average molecular weight is 289 g/mol. The highest BCUT2D eigenvalue weighted by molar-refractivity contribution is 7.99. The summed E-state index contributed by atoms with van der Waals surface area (Å²) in [5.41, 5.74) is 2.63. The van der Waals surface area contributed by atoms with Crippen LogP contribution >= 0.6 is 11.8 Å². The predicted molar refractivity (Wildman–Crippen MR) is 77.4 cm³/mol. The van der Waals surface area contributed by atoms with Crippen LogP contribution in [0, 0.1) is 6.92 Å². The number of hydrogen-bond acceptors (Lipinski definition) is 6. The Hall–Kier alpha value is -1.95. The molecular formula is C14H15N3O2S. The summed E-state index contributed by atoms with van der Waals surface area (Å²) in [6, 6.07) is 5.68. The first-order chi connectivity index (χ1) is 9.70. The first-order valence-electron chi connectivity index (χ1n) is 6.24. The quantitative estimate of drug-likeness (QED) is 0.479. The molecule has 2 aromatic rings. The van der Waals surface area contributed by atoms with Crippen LogP contribution in [-0.4, -0.2) is 33.3 Å². The van der Waals surface area contributed by atoms with E-state index in [1.54, 1.807) is 19.3 Å². The van der Waals surface area contributed by atoms with Crippen molar-refractivity contribution in [3.63, 3.8) is 0 Å². The van der Waals surface area contributed by atoms with E-state index in [9.17, 15) is 4.79 Å². The van der Waals surface area contributed by atoms with Gasteiger partial charge in [0.1, 0.15) is 0 Å². The monoisotopic (exact) mass is 289 g/mol. The first-order valence-corrected chi connectivity index (χ1v) is 7.22. The molecule has 104 valence electrons. The molecule has 0 saturated carbocycles. The molecule has 2 rings (SSSR count). The number of rotatable bonds is 5. The number of carbonyl (C=O) groups is 1. The highest BCUT2D eigenvalue weighted by Gasteiger charge is 2.09. The highest BCUT2D eigenvalue weighted by Crippen LogP contribution is 2.20. The van der Waals surface area contributed by atoms with E-state index in [1.165, 1.54) is 11.8 Å². The lowest BCUT2D eigenvalue weighted by atomic mass is 10.1. The van der Waals surface area contributed by atoms with Crippen molar-refractivity contribution in [2.24, 2.45) is 0 Å². The lowest BCUT2D eigenvalue weighted by molar-refractivity contribution is -0.139. The van der Waals surface area contributed by atoms with Gasteiger partial charge < -0.3 is 4.74 Å². The van der Waals surface area contributed by atoms with Gasteiger partial charge in [0, 0.05) is 12.4 Å². The molecule has 0 aromatic carbocycles. The van der Waals surface area contributed by atoms with Crippen molar-refractivity contribution >= 4 is 17.7 Å². The molecule has 0 saturated heterocycles. The van der Waals surface area contributed by atoms with Crippen LogP contribution in [0.25, 0.3) is 11.4 Å². The molecule has 0 aliphatic heterocycles. The average Bonchev–Trinajstić information content (AvgIpc) is 2.46. The number of aromatic nitrogens is 3. The summed E-state index contributed by atoms with van der Waals surface area (Å²) in [7, 11) is 0. The van der Waals surface area contributed by atoms with Crippen LogP contribution < -0.4 is 0 Å². The Balaban J connectivity index is 2.12.